The summed E-state index contributed by atoms with van der Waals surface area (Å²) in [5.41, 5.74) is 6.89. The summed E-state index contributed by atoms with van der Waals surface area (Å²) in [7, 11) is 0. The molecule has 0 aliphatic rings. The number of hydrogen-bond donors (Lipinski definition) is 4. The Morgan fingerprint density at radius 1 is 0.774 bits per heavy atom. The number of hydrogen-bond acceptors (Lipinski definition) is 7. The van der Waals surface area contributed by atoms with E-state index in [-0.39, 0.29) is 23.3 Å². The number of para-hydroxylation sites is 2. The van der Waals surface area contributed by atoms with Crippen molar-refractivity contribution >= 4 is 35.0 Å². The molecule has 2 aromatic carbocycles. The lowest BCUT2D eigenvalue weighted by atomic mass is 10.1. The lowest BCUT2D eigenvalue weighted by Crippen LogP contribution is -2.33. The van der Waals surface area contributed by atoms with Gasteiger partial charge in [-0.15, -0.1) is 11.8 Å². The zero-order valence-electron chi connectivity index (χ0n) is 17.8. The molecule has 0 saturated carbocycles. The number of thioether (sulfide) groups is 1. The van der Waals surface area contributed by atoms with E-state index < -0.39 is 10.5 Å². The molecule has 0 unspecified atom stereocenters. The maximum absolute atomic E-state index is 12.3. The van der Waals surface area contributed by atoms with Gasteiger partial charge in [-0.25, -0.2) is 10.9 Å². The highest BCUT2D eigenvalue weighted by molar-refractivity contribution is 8.01. The van der Waals surface area contributed by atoms with Crippen LogP contribution in [0.5, 0.6) is 11.5 Å². The first-order valence-electron chi connectivity index (χ1n) is 9.61. The van der Waals surface area contributed by atoms with Crippen molar-refractivity contribution in [1.29, 1.82) is 0 Å². The van der Waals surface area contributed by atoms with Gasteiger partial charge in [0.2, 0.25) is 0 Å². The molecule has 0 saturated heterocycles. The average molecular weight is 443 g/mol. The summed E-state index contributed by atoms with van der Waals surface area (Å²) in [6.07, 6.45) is 0. The molecule has 0 radical (unpaired) electrons. The van der Waals surface area contributed by atoms with Crippen LogP contribution >= 0.6 is 11.8 Å². The fraction of sp³-hybridized carbons (Fsp3) is 0.273. The number of phenols is 2. The number of aromatic hydroxyl groups is 2. The monoisotopic (exact) mass is 442 g/mol. The molecule has 2 amide bonds. The SMILES string of the molecule is C/C(=N/NC(=O)[C@H](C)S[C@@H](C)C(=O)N/N=C(\C)c1ccccc1O)c1ccccc1O. The zero-order valence-corrected chi connectivity index (χ0v) is 18.6. The van der Waals surface area contributed by atoms with Gasteiger partial charge < -0.3 is 10.2 Å². The molecule has 2 rings (SSSR count). The number of nitrogens with zero attached hydrogens (tertiary/aromatic N) is 2. The summed E-state index contributed by atoms with van der Waals surface area (Å²) < 4.78 is 0. The molecule has 0 aromatic heterocycles. The summed E-state index contributed by atoms with van der Waals surface area (Å²) in [5, 5.41) is 26.6. The highest BCUT2D eigenvalue weighted by Crippen LogP contribution is 2.19. The Morgan fingerprint density at radius 3 is 1.48 bits per heavy atom. The van der Waals surface area contributed by atoms with Gasteiger partial charge in [-0.3, -0.25) is 9.59 Å². The van der Waals surface area contributed by atoms with E-state index in [2.05, 4.69) is 21.1 Å². The van der Waals surface area contributed by atoms with Crippen LogP contribution in [0.25, 0.3) is 0 Å². The van der Waals surface area contributed by atoms with Gasteiger partial charge in [0.1, 0.15) is 11.5 Å². The molecule has 9 heteroatoms. The van der Waals surface area contributed by atoms with Gasteiger partial charge in [0.15, 0.2) is 0 Å². The Hall–Kier alpha value is -3.33. The Bertz CT molecular complexity index is 927. The fourth-order valence-corrected chi connectivity index (χ4v) is 3.53. The van der Waals surface area contributed by atoms with Crippen LogP contribution in [0.15, 0.2) is 58.7 Å². The van der Waals surface area contributed by atoms with Crippen LogP contribution in [0.3, 0.4) is 0 Å². The van der Waals surface area contributed by atoms with E-state index in [1.54, 1.807) is 64.1 Å². The molecular formula is C22H26N4O4S. The quantitative estimate of drug-likeness (QED) is 0.370. The number of carbonyl (C=O) groups excluding carboxylic acids is 2. The van der Waals surface area contributed by atoms with E-state index >= 15 is 0 Å². The third-order valence-electron chi connectivity index (χ3n) is 4.40. The summed E-state index contributed by atoms with van der Waals surface area (Å²) >= 11 is 1.16. The predicted molar refractivity (Wildman–Crippen MR) is 123 cm³/mol. The Morgan fingerprint density at radius 2 is 1.13 bits per heavy atom. The van der Waals surface area contributed by atoms with E-state index in [4.69, 9.17) is 0 Å². The highest BCUT2D eigenvalue weighted by atomic mass is 32.2. The molecule has 0 aliphatic heterocycles. The minimum absolute atomic E-state index is 0.0744. The second-order valence-electron chi connectivity index (χ2n) is 6.80. The minimum Gasteiger partial charge on any atom is -0.507 e. The lowest BCUT2D eigenvalue weighted by Gasteiger charge is -2.15. The number of amides is 2. The van der Waals surface area contributed by atoms with Gasteiger partial charge in [0, 0.05) is 11.1 Å². The van der Waals surface area contributed by atoms with Crippen molar-refractivity contribution in [2.24, 2.45) is 10.2 Å². The smallest absolute Gasteiger partial charge is 0.252 e. The molecule has 0 spiro atoms. The molecule has 0 fully saturated rings. The maximum Gasteiger partial charge on any atom is 0.252 e. The van der Waals surface area contributed by atoms with Gasteiger partial charge in [-0.05, 0) is 52.0 Å². The first kappa shape index (κ1) is 23.9. The van der Waals surface area contributed by atoms with Gasteiger partial charge >= 0.3 is 0 Å². The summed E-state index contributed by atoms with van der Waals surface area (Å²) in [4.78, 5) is 24.6. The largest absolute Gasteiger partial charge is 0.507 e. The predicted octanol–water partition coefficient (Wildman–Crippen LogP) is 2.99. The topological polar surface area (TPSA) is 123 Å². The molecule has 0 bridgehead atoms. The Labute approximate surface area is 185 Å². The van der Waals surface area contributed by atoms with Crippen molar-refractivity contribution in [3.05, 3.63) is 59.7 Å². The van der Waals surface area contributed by atoms with E-state index in [0.717, 1.165) is 11.8 Å². The normalized spacial score (nSPS) is 13.9. The summed E-state index contributed by atoms with van der Waals surface area (Å²) in [6.45, 7) is 6.69. The van der Waals surface area contributed by atoms with Crippen molar-refractivity contribution in [2.75, 3.05) is 0 Å². The van der Waals surface area contributed by atoms with Crippen LogP contribution in [0.4, 0.5) is 0 Å². The van der Waals surface area contributed by atoms with Crippen LogP contribution in [0, 0.1) is 0 Å². The van der Waals surface area contributed by atoms with Gasteiger partial charge in [-0.1, -0.05) is 24.3 Å². The number of nitrogens with one attached hydrogen (secondary N) is 2. The number of hydrazone groups is 2. The van der Waals surface area contributed by atoms with E-state index in [1.165, 1.54) is 12.1 Å². The molecule has 164 valence electrons. The molecule has 0 aliphatic carbocycles. The first-order chi connectivity index (χ1) is 14.7. The number of rotatable bonds is 8. The first-order valence-corrected chi connectivity index (χ1v) is 10.6. The molecule has 31 heavy (non-hydrogen) atoms. The number of benzene rings is 2. The second kappa shape index (κ2) is 11.2. The van der Waals surface area contributed by atoms with E-state index in [0.29, 0.717) is 22.6 Å². The van der Waals surface area contributed by atoms with Crippen LogP contribution in [0.1, 0.15) is 38.8 Å². The van der Waals surface area contributed by atoms with Crippen LogP contribution in [0.2, 0.25) is 0 Å². The van der Waals surface area contributed by atoms with Crippen LogP contribution < -0.4 is 10.9 Å². The number of phenolic OH excluding ortho intramolecular Hbond substituents is 2. The van der Waals surface area contributed by atoms with E-state index in [9.17, 15) is 19.8 Å². The van der Waals surface area contributed by atoms with Crippen LogP contribution in [-0.4, -0.2) is 44.0 Å². The van der Waals surface area contributed by atoms with E-state index in [1.807, 2.05) is 0 Å². The average Bonchev–Trinajstić information content (AvgIpc) is 2.75. The zero-order chi connectivity index (χ0) is 23.0. The fourth-order valence-electron chi connectivity index (χ4n) is 2.57. The highest BCUT2D eigenvalue weighted by Gasteiger charge is 2.21. The molecular weight excluding hydrogens is 416 g/mol. The van der Waals surface area contributed by atoms with Crippen molar-refractivity contribution in [3.63, 3.8) is 0 Å². The third-order valence-corrected chi connectivity index (χ3v) is 5.65. The van der Waals surface area contributed by atoms with Gasteiger partial charge in [0.05, 0.1) is 21.9 Å². The molecule has 8 nitrogen and oxygen atoms in total. The van der Waals surface area contributed by atoms with Crippen molar-refractivity contribution < 1.29 is 19.8 Å². The number of carbonyl (C=O) groups is 2. The van der Waals surface area contributed by atoms with Gasteiger partial charge in [-0.2, -0.15) is 10.2 Å². The summed E-state index contributed by atoms with van der Waals surface area (Å²) in [6, 6.07) is 13.4. The molecule has 2 aromatic rings. The summed E-state index contributed by atoms with van der Waals surface area (Å²) in [5.74, 6) is -0.586. The lowest BCUT2D eigenvalue weighted by molar-refractivity contribution is -0.120. The Kier molecular flexibility index (Phi) is 8.63. The maximum atomic E-state index is 12.3. The molecule has 2 atom stereocenters. The van der Waals surface area contributed by atoms with Crippen LogP contribution in [-0.2, 0) is 9.59 Å². The van der Waals surface area contributed by atoms with Crippen molar-refractivity contribution in [2.45, 2.75) is 38.2 Å². The standard InChI is InChI=1S/C22H26N4O4S/c1-13(17-9-5-7-11-19(17)27)23-25-21(29)15(3)31-16(4)22(30)26-24-14(2)18-10-6-8-12-20(18)28/h5-12,15-16,27-28H,1-4H3,(H,25,29)(H,26,30)/b23-13-,24-14+/t15-,16-/m0/s1. The minimum atomic E-state index is -0.551. The van der Waals surface area contributed by atoms with Crippen molar-refractivity contribution in [3.8, 4) is 11.5 Å². The van der Waals surface area contributed by atoms with Crippen molar-refractivity contribution in [1.82, 2.24) is 10.9 Å². The molecule has 4 N–H and O–H groups in total. The third kappa shape index (κ3) is 6.85. The second-order valence-corrected chi connectivity index (χ2v) is 8.49. The van der Waals surface area contributed by atoms with Gasteiger partial charge in [0.25, 0.3) is 11.8 Å². The Balaban J connectivity index is 1.90. The molecule has 0 heterocycles.